The molecular formula is C25H30N4O2. The fourth-order valence-electron chi connectivity index (χ4n) is 4.93. The number of nitrogens with zero attached hydrogens (tertiary/aromatic N) is 3. The number of ether oxygens (including phenoxy) is 1. The number of rotatable bonds is 5. The Kier molecular flexibility index (Phi) is 6.00. The molecule has 2 aliphatic rings. The van der Waals surface area contributed by atoms with Crippen LogP contribution in [-0.4, -0.2) is 65.3 Å². The standard InChI is InChI=1S/C25H30N4O2/c30-25(22-8-2-1-6-21(22)17-28-10-3-4-11-28)29-12-13-31-18-19(16-29)14-20-7-5-9-24-23(20)15-26-27-24/h1-2,5-9,15,19H,3-4,10-14,16-18H2,(H,26,27)/t19-/m1/s1. The normalized spacial score (nSPS) is 20.3. The molecule has 2 aromatic carbocycles. The van der Waals surface area contributed by atoms with Crippen molar-refractivity contribution < 1.29 is 9.53 Å². The monoisotopic (exact) mass is 418 g/mol. The van der Waals surface area contributed by atoms with Gasteiger partial charge < -0.3 is 9.64 Å². The second-order valence-corrected chi connectivity index (χ2v) is 8.79. The third kappa shape index (κ3) is 4.50. The molecule has 2 fully saturated rings. The number of nitrogens with one attached hydrogen (secondary N) is 1. The van der Waals surface area contributed by atoms with Crippen LogP contribution in [0.25, 0.3) is 10.9 Å². The van der Waals surface area contributed by atoms with Gasteiger partial charge in [0.1, 0.15) is 0 Å². The summed E-state index contributed by atoms with van der Waals surface area (Å²) < 4.78 is 5.90. The van der Waals surface area contributed by atoms with Crippen molar-refractivity contribution in [3.63, 3.8) is 0 Å². The van der Waals surface area contributed by atoms with Gasteiger partial charge in [-0.3, -0.25) is 14.8 Å². The average molecular weight is 419 g/mol. The molecule has 1 atom stereocenters. The van der Waals surface area contributed by atoms with E-state index in [0.29, 0.717) is 26.3 Å². The molecule has 1 aromatic heterocycles. The molecule has 5 rings (SSSR count). The summed E-state index contributed by atoms with van der Waals surface area (Å²) in [6.07, 6.45) is 5.27. The molecule has 2 aliphatic heterocycles. The summed E-state index contributed by atoms with van der Waals surface area (Å²) >= 11 is 0. The van der Waals surface area contributed by atoms with Crippen LogP contribution >= 0.6 is 0 Å². The first-order chi connectivity index (χ1) is 15.3. The van der Waals surface area contributed by atoms with Crippen molar-refractivity contribution in [2.24, 2.45) is 5.92 Å². The molecule has 0 unspecified atom stereocenters. The van der Waals surface area contributed by atoms with Gasteiger partial charge in [0.05, 0.1) is 24.9 Å². The van der Waals surface area contributed by atoms with E-state index in [4.69, 9.17) is 4.74 Å². The molecule has 2 saturated heterocycles. The topological polar surface area (TPSA) is 61.5 Å². The summed E-state index contributed by atoms with van der Waals surface area (Å²) in [4.78, 5) is 18.0. The van der Waals surface area contributed by atoms with E-state index in [0.717, 1.165) is 48.1 Å². The Morgan fingerprint density at radius 1 is 1.06 bits per heavy atom. The van der Waals surface area contributed by atoms with Crippen LogP contribution in [0.4, 0.5) is 0 Å². The Morgan fingerprint density at radius 3 is 2.81 bits per heavy atom. The average Bonchev–Trinajstić information content (AvgIpc) is 3.43. The maximum Gasteiger partial charge on any atom is 0.254 e. The van der Waals surface area contributed by atoms with Crippen LogP contribution in [0.1, 0.15) is 34.3 Å². The Morgan fingerprint density at radius 2 is 1.90 bits per heavy atom. The smallest absolute Gasteiger partial charge is 0.254 e. The molecule has 3 aromatic rings. The number of carbonyl (C=O) groups excluding carboxylic acids is 1. The molecule has 0 aliphatic carbocycles. The predicted octanol–water partition coefficient (Wildman–Crippen LogP) is 3.49. The van der Waals surface area contributed by atoms with Crippen LogP contribution < -0.4 is 0 Å². The van der Waals surface area contributed by atoms with Gasteiger partial charge in [0.15, 0.2) is 0 Å². The molecule has 1 N–H and O–H groups in total. The van der Waals surface area contributed by atoms with Crippen LogP contribution in [-0.2, 0) is 17.7 Å². The number of aromatic amines is 1. The quantitative estimate of drug-likeness (QED) is 0.689. The Bertz CT molecular complexity index is 1040. The number of fused-ring (bicyclic) bond motifs is 1. The largest absolute Gasteiger partial charge is 0.379 e. The zero-order valence-electron chi connectivity index (χ0n) is 17.9. The third-order valence-electron chi connectivity index (χ3n) is 6.55. The fraction of sp³-hybridized carbons (Fsp3) is 0.440. The van der Waals surface area contributed by atoms with Gasteiger partial charge in [-0.05, 0) is 55.6 Å². The number of aromatic nitrogens is 2. The Hall–Kier alpha value is -2.70. The Balaban J connectivity index is 1.33. The summed E-state index contributed by atoms with van der Waals surface area (Å²) in [6, 6.07) is 14.4. The van der Waals surface area contributed by atoms with Crippen molar-refractivity contribution >= 4 is 16.8 Å². The number of hydrogen-bond donors (Lipinski definition) is 1. The molecule has 6 heteroatoms. The molecule has 0 saturated carbocycles. The molecule has 162 valence electrons. The summed E-state index contributed by atoms with van der Waals surface area (Å²) in [5, 5.41) is 8.38. The van der Waals surface area contributed by atoms with Crippen molar-refractivity contribution in [3.8, 4) is 0 Å². The van der Waals surface area contributed by atoms with Crippen molar-refractivity contribution in [3.05, 3.63) is 65.4 Å². The highest BCUT2D eigenvalue weighted by Gasteiger charge is 2.26. The lowest BCUT2D eigenvalue weighted by Gasteiger charge is -2.25. The maximum absolute atomic E-state index is 13.6. The number of H-pyrrole nitrogens is 1. The molecule has 31 heavy (non-hydrogen) atoms. The van der Waals surface area contributed by atoms with Gasteiger partial charge in [0, 0.05) is 36.5 Å². The highest BCUT2D eigenvalue weighted by atomic mass is 16.5. The summed E-state index contributed by atoms with van der Waals surface area (Å²) in [6.45, 7) is 5.73. The molecular weight excluding hydrogens is 388 g/mol. The van der Waals surface area contributed by atoms with Crippen LogP contribution in [0.3, 0.4) is 0 Å². The van der Waals surface area contributed by atoms with E-state index in [-0.39, 0.29) is 11.8 Å². The third-order valence-corrected chi connectivity index (χ3v) is 6.55. The molecule has 1 amide bonds. The van der Waals surface area contributed by atoms with Crippen molar-refractivity contribution in [1.82, 2.24) is 20.0 Å². The van der Waals surface area contributed by atoms with E-state index in [1.54, 1.807) is 0 Å². The zero-order valence-corrected chi connectivity index (χ0v) is 17.9. The number of hydrogen-bond acceptors (Lipinski definition) is 4. The van der Waals surface area contributed by atoms with E-state index in [1.165, 1.54) is 18.4 Å². The lowest BCUT2D eigenvalue weighted by atomic mass is 9.96. The number of benzene rings is 2. The van der Waals surface area contributed by atoms with Crippen LogP contribution in [0, 0.1) is 5.92 Å². The second-order valence-electron chi connectivity index (χ2n) is 8.79. The lowest BCUT2D eigenvalue weighted by Crippen LogP contribution is -2.37. The minimum absolute atomic E-state index is 0.131. The van der Waals surface area contributed by atoms with Crippen LogP contribution in [0.15, 0.2) is 48.7 Å². The second kappa shape index (κ2) is 9.20. The van der Waals surface area contributed by atoms with Gasteiger partial charge in [0.2, 0.25) is 0 Å². The molecule has 6 nitrogen and oxygen atoms in total. The molecule has 3 heterocycles. The van der Waals surface area contributed by atoms with Gasteiger partial charge >= 0.3 is 0 Å². The van der Waals surface area contributed by atoms with Crippen LogP contribution in [0.5, 0.6) is 0 Å². The molecule has 0 bridgehead atoms. The van der Waals surface area contributed by atoms with E-state index < -0.39 is 0 Å². The van der Waals surface area contributed by atoms with E-state index >= 15 is 0 Å². The predicted molar refractivity (Wildman–Crippen MR) is 121 cm³/mol. The first-order valence-electron chi connectivity index (χ1n) is 11.4. The van der Waals surface area contributed by atoms with Crippen LogP contribution in [0.2, 0.25) is 0 Å². The lowest BCUT2D eigenvalue weighted by molar-refractivity contribution is 0.0735. The summed E-state index contributed by atoms with van der Waals surface area (Å²) in [5.41, 5.74) is 4.28. The summed E-state index contributed by atoms with van der Waals surface area (Å²) in [5.74, 6) is 0.393. The molecule has 0 spiro atoms. The highest BCUT2D eigenvalue weighted by Crippen LogP contribution is 2.23. The van der Waals surface area contributed by atoms with Gasteiger partial charge in [-0.25, -0.2) is 0 Å². The summed E-state index contributed by atoms with van der Waals surface area (Å²) in [7, 11) is 0. The molecule has 0 radical (unpaired) electrons. The van der Waals surface area contributed by atoms with E-state index in [9.17, 15) is 4.79 Å². The zero-order chi connectivity index (χ0) is 21.0. The fourth-order valence-corrected chi connectivity index (χ4v) is 4.93. The van der Waals surface area contributed by atoms with Crippen molar-refractivity contribution in [2.45, 2.75) is 25.8 Å². The van der Waals surface area contributed by atoms with Gasteiger partial charge in [-0.15, -0.1) is 0 Å². The first-order valence-corrected chi connectivity index (χ1v) is 11.4. The number of carbonyl (C=O) groups is 1. The SMILES string of the molecule is O=C(c1ccccc1CN1CCCC1)N1CCOC[C@H](Cc2cccc3[nH]ncc23)C1. The van der Waals surface area contributed by atoms with E-state index in [1.807, 2.05) is 35.4 Å². The minimum atomic E-state index is 0.131. The minimum Gasteiger partial charge on any atom is -0.379 e. The maximum atomic E-state index is 13.6. The van der Waals surface area contributed by atoms with Crippen molar-refractivity contribution in [2.75, 3.05) is 39.4 Å². The van der Waals surface area contributed by atoms with Crippen molar-refractivity contribution in [1.29, 1.82) is 0 Å². The van der Waals surface area contributed by atoms with Gasteiger partial charge in [-0.2, -0.15) is 5.10 Å². The van der Waals surface area contributed by atoms with Gasteiger partial charge in [0.25, 0.3) is 5.91 Å². The Labute approximate surface area is 183 Å². The van der Waals surface area contributed by atoms with E-state index in [2.05, 4.69) is 33.3 Å². The number of likely N-dealkylation sites (tertiary alicyclic amines) is 1. The number of amides is 1. The highest BCUT2D eigenvalue weighted by molar-refractivity contribution is 5.95. The van der Waals surface area contributed by atoms with Gasteiger partial charge in [-0.1, -0.05) is 30.3 Å². The first kappa shape index (κ1) is 20.2.